The molecule has 0 radical (unpaired) electrons. The van der Waals surface area contributed by atoms with Crippen LogP contribution >= 0.6 is 0 Å². The molecular formula is C26H42N8O3. The summed E-state index contributed by atoms with van der Waals surface area (Å²) in [7, 11) is 0. The average molecular weight is 515 g/mol. The third kappa shape index (κ3) is 10.9. The Labute approximate surface area is 219 Å². The number of nitrogens with two attached hydrogens (primary N) is 1. The molecule has 37 heavy (non-hydrogen) atoms. The lowest BCUT2D eigenvalue weighted by Crippen LogP contribution is -2.27. The van der Waals surface area contributed by atoms with Crippen molar-refractivity contribution in [1.29, 1.82) is 0 Å². The Balaban J connectivity index is 1.56. The first-order chi connectivity index (χ1) is 18.0. The number of nitrogens with zero attached hydrogens (tertiary/aromatic N) is 3. The number of anilines is 4. The second kappa shape index (κ2) is 16.0. The van der Waals surface area contributed by atoms with E-state index in [2.05, 4.69) is 36.2 Å². The number of hydrogen-bond donors (Lipinski definition) is 5. The summed E-state index contributed by atoms with van der Waals surface area (Å²) in [6.07, 6.45) is 6.39. The monoisotopic (exact) mass is 514 g/mol. The fraction of sp³-hybridized carbons (Fsp3) is 0.615. The van der Waals surface area contributed by atoms with E-state index in [1.807, 2.05) is 26.0 Å². The number of ether oxygens (including phenoxy) is 2. The van der Waals surface area contributed by atoms with Crippen molar-refractivity contribution in [1.82, 2.24) is 20.3 Å². The first kappa shape index (κ1) is 28.5. The number of amides is 1. The van der Waals surface area contributed by atoms with E-state index in [1.54, 1.807) is 12.1 Å². The highest BCUT2D eigenvalue weighted by Gasteiger charge is 2.15. The minimum absolute atomic E-state index is 0.177. The molecule has 11 heteroatoms. The molecule has 1 saturated carbocycles. The smallest absolute Gasteiger partial charge is 0.251 e. The van der Waals surface area contributed by atoms with E-state index in [0.717, 1.165) is 6.54 Å². The van der Waals surface area contributed by atoms with Crippen molar-refractivity contribution in [3.05, 3.63) is 29.8 Å². The van der Waals surface area contributed by atoms with Crippen LogP contribution in [0, 0.1) is 5.92 Å². The van der Waals surface area contributed by atoms with Gasteiger partial charge in [0.1, 0.15) is 0 Å². The lowest BCUT2D eigenvalue weighted by molar-refractivity contribution is 0.0511. The van der Waals surface area contributed by atoms with Crippen molar-refractivity contribution < 1.29 is 14.3 Å². The van der Waals surface area contributed by atoms with Crippen LogP contribution in [-0.4, -0.2) is 73.0 Å². The molecule has 0 saturated heterocycles. The van der Waals surface area contributed by atoms with Crippen LogP contribution in [0.5, 0.6) is 0 Å². The number of hydrogen-bond acceptors (Lipinski definition) is 10. The summed E-state index contributed by atoms with van der Waals surface area (Å²) in [5.41, 5.74) is 6.61. The van der Waals surface area contributed by atoms with Crippen LogP contribution in [0.4, 0.5) is 23.5 Å². The predicted molar refractivity (Wildman–Crippen MR) is 146 cm³/mol. The van der Waals surface area contributed by atoms with Gasteiger partial charge in [0.15, 0.2) is 0 Å². The highest BCUT2D eigenvalue weighted by Crippen LogP contribution is 2.24. The topological polar surface area (TPSA) is 148 Å². The van der Waals surface area contributed by atoms with Gasteiger partial charge in [-0.1, -0.05) is 25.3 Å². The maximum Gasteiger partial charge on any atom is 0.251 e. The van der Waals surface area contributed by atoms with E-state index in [9.17, 15) is 4.79 Å². The summed E-state index contributed by atoms with van der Waals surface area (Å²) in [6, 6.07) is 7.40. The van der Waals surface area contributed by atoms with Crippen LogP contribution < -0.4 is 27.0 Å². The van der Waals surface area contributed by atoms with Gasteiger partial charge in [0.25, 0.3) is 5.91 Å². The molecule has 1 amide bonds. The van der Waals surface area contributed by atoms with E-state index in [1.165, 1.54) is 32.1 Å². The maximum atomic E-state index is 12.6. The van der Waals surface area contributed by atoms with Crippen molar-refractivity contribution in [3.63, 3.8) is 0 Å². The van der Waals surface area contributed by atoms with Gasteiger partial charge in [-0.25, -0.2) is 0 Å². The summed E-state index contributed by atoms with van der Waals surface area (Å²) < 4.78 is 10.7. The standard InChI is InChI=1S/C26H42N8O3/c1-19(2)30-25-32-24(29-18-20-7-4-3-5-8-20)33-26(34-25)31-22-10-6-9-21(17-22)23(35)28-12-14-37-16-15-36-13-11-27/h6,9-10,17,19-20H,3-5,7-8,11-16,18,27H2,1-2H3,(H,28,35)(H3,29,30,31,32,33,34). The molecule has 0 unspecified atom stereocenters. The van der Waals surface area contributed by atoms with Gasteiger partial charge in [0, 0.05) is 36.9 Å². The third-order valence-corrected chi connectivity index (χ3v) is 5.87. The van der Waals surface area contributed by atoms with Crippen LogP contribution in [-0.2, 0) is 9.47 Å². The summed E-state index contributed by atoms with van der Waals surface area (Å²) in [5.74, 6) is 1.91. The minimum atomic E-state index is -0.181. The van der Waals surface area contributed by atoms with Crippen molar-refractivity contribution in [2.75, 3.05) is 62.0 Å². The molecule has 1 aliphatic rings. The van der Waals surface area contributed by atoms with Gasteiger partial charge in [-0.2, -0.15) is 15.0 Å². The number of aromatic nitrogens is 3. The Bertz CT molecular complexity index is 953. The molecule has 1 aromatic carbocycles. The van der Waals surface area contributed by atoms with Crippen LogP contribution in [0.1, 0.15) is 56.3 Å². The molecule has 6 N–H and O–H groups in total. The van der Waals surface area contributed by atoms with Crippen LogP contribution in [0.2, 0.25) is 0 Å². The summed E-state index contributed by atoms with van der Waals surface area (Å²) in [5, 5.41) is 12.7. The van der Waals surface area contributed by atoms with Crippen LogP contribution in [0.25, 0.3) is 0 Å². The molecule has 11 nitrogen and oxygen atoms in total. The predicted octanol–water partition coefficient (Wildman–Crippen LogP) is 3.15. The molecule has 0 aliphatic heterocycles. The molecule has 204 valence electrons. The van der Waals surface area contributed by atoms with Gasteiger partial charge in [0.2, 0.25) is 17.8 Å². The molecule has 1 aliphatic carbocycles. The van der Waals surface area contributed by atoms with E-state index < -0.39 is 0 Å². The fourth-order valence-corrected chi connectivity index (χ4v) is 4.07. The van der Waals surface area contributed by atoms with E-state index in [-0.39, 0.29) is 11.9 Å². The van der Waals surface area contributed by atoms with Crippen molar-refractivity contribution in [3.8, 4) is 0 Å². The van der Waals surface area contributed by atoms with Crippen molar-refractivity contribution in [2.24, 2.45) is 11.7 Å². The van der Waals surface area contributed by atoms with Gasteiger partial charge < -0.3 is 36.5 Å². The zero-order valence-electron chi connectivity index (χ0n) is 22.1. The molecular weight excluding hydrogens is 472 g/mol. The number of benzene rings is 1. The summed E-state index contributed by atoms with van der Waals surface area (Å²) >= 11 is 0. The number of nitrogens with one attached hydrogen (secondary N) is 4. The number of carbonyl (C=O) groups excluding carboxylic acids is 1. The van der Waals surface area contributed by atoms with Gasteiger partial charge in [-0.15, -0.1) is 0 Å². The zero-order valence-corrected chi connectivity index (χ0v) is 22.1. The Morgan fingerprint density at radius 3 is 2.49 bits per heavy atom. The quantitative estimate of drug-likeness (QED) is 0.212. The minimum Gasteiger partial charge on any atom is -0.378 e. The third-order valence-electron chi connectivity index (χ3n) is 5.87. The Hall–Kier alpha value is -3.02. The molecule has 2 aromatic rings. The van der Waals surface area contributed by atoms with E-state index in [0.29, 0.717) is 74.5 Å². The van der Waals surface area contributed by atoms with E-state index >= 15 is 0 Å². The summed E-state index contributed by atoms with van der Waals surface area (Å²) in [4.78, 5) is 26.2. The molecule has 1 aromatic heterocycles. The highest BCUT2D eigenvalue weighted by atomic mass is 16.5. The zero-order chi connectivity index (χ0) is 26.3. The van der Waals surface area contributed by atoms with Crippen molar-refractivity contribution >= 4 is 29.4 Å². The second-order valence-electron chi connectivity index (χ2n) is 9.47. The van der Waals surface area contributed by atoms with Gasteiger partial charge >= 0.3 is 0 Å². The molecule has 1 heterocycles. The van der Waals surface area contributed by atoms with E-state index in [4.69, 9.17) is 15.2 Å². The first-order valence-electron chi connectivity index (χ1n) is 13.3. The molecule has 3 rings (SSSR count). The number of carbonyl (C=O) groups is 1. The van der Waals surface area contributed by atoms with Crippen LogP contribution in [0.3, 0.4) is 0 Å². The average Bonchev–Trinajstić information content (AvgIpc) is 2.89. The normalized spacial score (nSPS) is 13.9. The fourth-order valence-electron chi connectivity index (χ4n) is 4.07. The van der Waals surface area contributed by atoms with Crippen LogP contribution in [0.15, 0.2) is 24.3 Å². The van der Waals surface area contributed by atoms with Gasteiger partial charge in [0.05, 0.1) is 26.4 Å². The maximum absolute atomic E-state index is 12.6. The SMILES string of the molecule is CC(C)Nc1nc(NCC2CCCCC2)nc(Nc2cccc(C(=O)NCCOCCOCCN)c2)n1. The summed E-state index contributed by atoms with van der Waals surface area (Å²) in [6.45, 7) is 7.70. The first-order valence-corrected chi connectivity index (χ1v) is 13.3. The van der Waals surface area contributed by atoms with Gasteiger partial charge in [-0.3, -0.25) is 4.79 Å². The Kier molecular flexibility index (Phi) is 12.3. The Morgan fingerprint density at radius 1 is 1.00 bits per heavy atom. The second-order valence-corrected chi connectivity index (χ2v) is 9.47. The number of rotatable bonds is 16. The molecule has 0 bridgehead atoms. The molecule has 1 fully saturated rings. The lowest BCUT2D eigenvalue weighted by Gasteiger charge is -2.22. The Morgan fingerprint density at radius 2 is 1.73 bits per heavy atom. The highest BCUT2D eigenvalue weighted by molar-refractivity contribution is 5.95. The van der Waals surface area contributed by atoms with Gasteiger partial charge in [-0.05, 0) is 50.8 Å². The lowest BCUT2D eigenvalue weighted by atomic mass is 9.89. The molecule has 0 spiro atoms. The largest absolute Gasteiger partial charge is 0.378 e. The molecule has 0 atom stereocenters. The van der Waals surface area contributed by atoms with Crippen molar-refractivity contribution in [2.45, 2.75) is 52.0 Å².